The largest absolute Gasteiger partial charge is 0.493 e. The van der Waals surface area contributed by atoms with Crippen molar-refractivity contribution in [3.05, 3.63) is 12.1 Å². The number of hydrogen-bond acceptors (Lipinski definition) is 5. The average molecular weight is 280 g/mol. The number of carbonyl (C=O) groups excluding carboxylic acids is 1. The molecule has 1 fully saturated rings. The first-order valence-corrected chi connectivity index (χ1v) is 6.55. The van der Waals surface area contributed by atoms with E-state index in [1.807, 2.05) is 0 Å². The zero-order chi connectivity index (χ0) is 14.5. The molecule has 20 heavy (non-hydrogen) atoms. The minimum absolute atomic E-state index is 0.0800. The van der Waals surface area contributed by atoms with Gasteiger partial charge < -0.3 is 25.3 Å². The Kier molecular flexibility index (Phi) is 4.68. The van der Waals surface area contributed by atoms with Gasteiger partial charge >= 0.3 is 0 Å². The van der Waals surface area contributed by atoms with Crippen LogP contribution in [-0.2, 0) is 9.53 Å². The zero-order valence-electron chi connectivity index (χ0n) is 11.8. The second kappa shape index (κ2) is 6.47. The van der Waals surface area contributed by atoms with Crippen molar-refractivity contribution >= 4 is 17.3 Å². The summed E-state index contributed by atoms with van der Waals surface area (Å²) in [5, 5.41) is 2.83. The van der Waals surface area contributed by atoms with E-state index in [1.165, 1.54) is 14.2 Å². The molecule has 1 aliphatic heterocycles. The van der Waals surface area contributed by atoms with Crippen LogP contribution in [0, 0.1) is 5.92 Å². The first kappa shape index (κ1) is 14.5. The number of ether oxygens (including phenoxy) is 3. The molecule has 0 bridgehead atoms. The van der Waals surface area contributed by atoms with Gasteiger partial charge in [0.2, 0.25) is 5.91 Å². The molecule has 3 N–H and O–H groups in total. The smallest absolute Gasteiger partial charge is 0.229 e. The third-order valence-corrected chi connectivity index (χ3v) is 3.34. The second-order valence-electron chi connectivity index (χ2n) is 4.70. The van der Waals surface area contributed by atoms with E-state index < -0.39 is 0 Å². The predicted molar refractivity (Wildman–Crippen MR) is 76.1 cm³/mol. The van der Waals surface area contributed by atoms with Crippen LogP contribution in [0.5, 0.6) is 11.5 Å². The van der Waals surface area contributed by atoms with E-state index in [0.717, 1.165) is 19.4 Å². The van der Waals surface area contributed by atoms with Gasteiger partial charge in [0, 0.05) is 18.7 Å². The minimum atomic E-state index is -0.128. The summed E-state index contributed by atoms with van der Waals surface area (Å²) < 4.78 is 15.7. The molecular weight excluding hydrogens is 260 g/mol. The molecule has 1 saturated heterocycles. The molecule has 1 aromatic carbocycles. The summed E-state index contributed by atoms with van der Waals surface area (Å²) in [6, 6.07) is 3.29. The lowest BCUT2D eigenvalue weighted by Crippen LogP contribution is -2.30. The van der Waals surface area contributed by atoms with Gasteiger partial charge in [0.05, 0.1) is 38.1 Å². The van der Waals surface area contributed by atoms with E-state index in [9.17, 15) is 4.79 Å². The molecule has 1 aliphatic rings. The SMILES string of the molecule is COc1cc(N)c(NC(=O)C2CCCOC2)cc1OC. The summed E-state index contributed by atoms with van der Waals surface area (Å²) in [6.45, 7) is 1.18. The molecule has 1 unspecified atom stereocenters. The topological polar surface area (TPSA) is 82.8 Å². The van der Waals surface area contributed by atoms with Gasteiger partial charge in [-0.05, 0) is 12.8 Å². The Morgan fingerprint density at radius 1 is 1.35 bits per heavy atom. The van der Waals surface area contributed by atoms with Crippen LogP contribution >= 0.6 is 0 Å². The van der Waals surface area contributed by atoms with Crippen LogP contribution in [-0.4, -0.2) is 33.3 Å². The summed E-state index contributed by atoms with van der Waals surface area (Å²) in [4.78, 5) is 12.2. The number of anilines is 2. The van der Waals surface area contributed by atoms with Crippen LogP contribution in [0.2, 0.25) is 0 Å². The number of hydrogen-bond donors (Lipinski definition) is 2. The fourth-order valence-electron chi connectivity index (χ4n) is 2.19. The first-order chi connectivity index (χ1) is 9.65. The number of benzene rings is 1. The maximum atomic E-state index is 12.2. The highest BCUT2D eigenvalue weighted by Crippen LogP contribution is 2.35. The Bertz CT molecular complexity index is 484. The van der Waals surface area contributed by atoms with Crippen molar-refractivity contribution in [2.24, 2.45) is 5.92 Å². The predicted octanol–water partition coefficient (Wildman–Crippen LogP) is 1.65. The monoisotopic (exact) mass is 280 g/mol. The van der Waals surface area contributed by atoms with Crippen LogP contribution in [0.1, 0.15) is 12.8 Å². The lowest BCUT2D eigenvalue weighted by Gasteiger charge is -2.22. The Labute approximate surface area is 118 Å². The highest BCUT2D eigenvalue weighted by atomic mass is 16.5. The highest BCUT2D eigenvalue weighted by molar-refractivity contribution is 5.96. The van der Waals surface area contributed by atoms with Crippen LogP contribution < -0.4 is 20.5 Å². The van der Waals surface area contributed by atoms with Gasteiger partial charge in [-0.3, -0.25) is 4.79 Å². The van der Waals surface area contributed by atoms with Gasteiger partial charge in [-0.15, -0.1) is 0 Å². The van der Waals surface area contributed by atoms with Gasteiger partial charge in [0.25, 0.3) is 0 Å². The quantitative estimate of drug-likeness (QED) is 0.819. The van der Waals surface area contributed by atoms with Gasteiger partial charge in [0.15, 0.2) is 11.5 Å². The summed E-state index contributed by atoms with van der Waals surface area (Å²) in [5.74, 6) is 0.848. The Morgan fingerprint density at radius 2 is 2.05 bits per heavy atom. The van der Waals surface area contributed by atoms with Crippen LogP contribution in [0.15, 0.2) is 12.1 Å². The summed E-state index contributed by atoms with van der Waals surface area (Å²) in [5.41, 5.74) is 6.88. The molecule has 110 valence electrons. The molecular formula is C14H20N2O4. The van der Waals surface area contributed by atoms with Crippen molar-refractivity contribution in [2.75, 3.05) is 38.5 Å². The lowest BCUT2D eigenvalue weighted by molar-refractivity contribution is -0.123. The van der Waals surface area contributed by atoms with Crippen molar-refractivity contribution in [2.45, 2.75) is 12.8 Å². The van der Waals surface area contributed by atoms with Gasteiger partial charge in [0.1, 0.15) is 0 Å². The lowest BCUT2D eigenvalue weighted by atomic mass is 10.0. The van der Waals surface area contributed by atoms with Crippen molar-refractivity contribution < 1.29 is 19.0 Å². The van der Waals surface area contributed by atoms with Crippen molar-refractivity contribution in [3.63, 3.8) is 0 Å². The molecule has 0 aliphatic carbocycles. The van der Waals surface area contributed by atoms with E-state index in [-0.39, 0.29) is 11.8 Å². The summed E-state index contributed by atoms with van der Waals surface area (Å²) >= 11 is 0. The minimum Gasteiger partial charge on any atom is -0.493 e. The standard InChI is InChI=1S/C14H20N2O4/c1-18-12-6-10(15)11(7-13(12)19-2)16-14(17)9-4-3-5-20-8-9/h6-7,9H,3-5,8,15H2,1-2H3,(H,16,17). The molecule has 2 rings (SSSR count). The van der Waals surface area contributed by atoms with E-state index >= 15 is 0 Å². The number of rotatable bonds is 4. The average Bonchev–Trinajstić information content (AvgIpc) is 2.49. The number of methoxy groups -OCH3 is 2. The first-order valence-electron chi connectivity index (χ1n) is 6.55. The maximum absolute atomic E-state index is 12.2. The Hall–Kier alpha value is -1.95. The van der Waals surface area contributed by atoms with Crippen molar-refractivity contribution in [1.29, 1.82) is 0 Å². The van der Waals surface area contributed by atoms with Gasteiger partial charge in [-0.25, -0.2) is 0 Å². The summed E-state index contributed by atoms with van der Waals surface area (Å²) in [6.07, 6.45) is 1.73. The van der Waals surface area contributed by atoms with Crippen LogP contribution in [0.4, 0.5) is 11.4 Å². The molecule has 0 radical (unpaired) electrons. The van der Waals surface area contributed by atoms with Crippen molar-refractivity contribution in [3.8, 4) is 11.5 Å². The number of nitrogen functional groups attached to an aromatic ring is 1. The number of amides is 1. The van der Waals surface area contributed by atoms with Gasteiger partial charge in [-0.1, -0.05) is 0 Å². The third-order valence-electron chi connectivity index (χ3n) is 3.34. The van der Waals surface area contributed by atoms with Gasteiger partial charge in [-0.2, -0.15) is 0 Å². The number of nitrogens with one attached hydrogen (secondary N) is 1. The Balaban J connectivity index is 2.13. The summed E-state index contributed by atoms with van der Waals surface area (Å²) in [7, 11) is 3.07. The number of nitrogens with two attached hydrogens (primary N) is 1. The molecule has 1 aromatic rings. The fraction of sp³-hybridized carbons (Fsp3) is 0.500. The van der Waals surface area contributed by atoms with E-state index in [0.29, 0.717) is 29.5 Å². The van der Waals surface area contributed by atoms with E-state index in [2.05, 4.69) is 5.32 Å². The Morgan fingerprint density at radius 3 is 2.65 bits per heavy atom. The third kappa shape index (κ3) is 3.14. The molecule has 0 spiro atoms. The van der Waals surface area contributed by atoms with Crippen molar-refractivity contribution in [1.82, 2.24) is 0 Å². The molecule has 1 atom stereocenters. The molecule has 1 amide bonds. The van der Waals surface area contributed by atoms with E-state index in [4.69, 9.17) is 19.9 Å². The molecule has 0 aromatic heterocycles. The molecule has 6 nitrogen and oxygen atoms in total. The second-order valence-corrected chi connectivity index (χ2v) is 4.70. The zero-order valence-corrected chi connectivity index (χ0v) is 11.8. The maximum Gasteiger partial charge on any atom is 0.229 e. The van der Waals surface area contributed by atoms with Crippen LogP contribution in [0.25, 0.3) is 0 Å². The fourth-order valence-corrected chi connectivity index (χ4v) is 2.19. The highest BCUT2D eigenvalue weighted by Gasteiger charge is 2.22. The van der Waals surface area contributed by atoms with Crippen LogP contribution in [0.3, 0.4) is 0 Å². The molecule has 1 heterocycles. The molecule has 0 saturated carbocycles. The normalized spacial score (nSPS) is 18.4. The number of carbonyl (C=O) groups is 1. The molecule has 6 heteroatoms. The van der Waals surface area contributed by atoms with E-state index in [1.54, 1.807) is 12.1 Å².